The molecule has 1 saturated heterocycles. The van der Waals surface area contributed by atoms with Crippen LogP contribution in [0.15, 0.2) is 18.2 Å². The predicted molar refractivity (Wildman–Crippen MR) is 62.4 cm³/mol. The Balaban J connectivity index is 2.12. The van der Waals surface area contributed by atoms with Crippen LogP contribution in [0.5, 0.6) is 0 Å². The first-order chi connectivity index (χ1) is 8.99. The molecule has 1 aromatic carbocycles. The third kappa shape index (κ3) is 2.89. The molecular formula is C13H13F2NO3. The summed E-state index contributed by atoms with van der Waals surface area (Å²) in [6.07, 6.45) is 0.675. The van der Waals surface area contributed by atoms with Gasteiger partial charge in [0.2, 0.25) is 5.91 Å². The van der Waals surface area contributed by atoms with Gasteiger partial charge in [0.05, 0.1) is 6.42 Å². The molecule has 1 amide bonds. The highest BCUT2D eigenvalue weighted by Gasteiger charge is 2.33. The van der Waals surface area contributed by atoms with Gasteiger partial charge in [-0.15, -0.1) is 0 Å². The zero-order valence-electron chi connectivity index (χ0n) is 10.1. The van der Waals surface area contributed by atoms with E-state index in [-0.39, 0.29) is 12.0 Å². The Hall–Kier alpha value is -1.98. The third-order valence-electron chi connectivity index (χ3n) is 3.21. The number of aliphatic carboxylic acids is 1. The molecule has 19 heavy (non-hydrogen) atoms. The van der Waals surface area contributed by atoms with Crippen molar-refractivity contribution in [2.75, 3.05) is 6.54 Å². The van der Waals surface area contributed by atoms with Crippen molar-refractivity contribution in [1.29, 1.82) is 0 Å². The van der Waals surface area contributed by atoms with Crippen molar-refractivity contribution in [1.82, 2.24) is 4.90 Å². The van der Waals surface area contributed by atoms with E-state index in [0.29, 0.717) is 19.4 Å². The van der Waals surface area contributed by atoms with Crippen LogP contribution in [0.2, 0.25) is 0 Å². The summed E-state index contributed by atoms with van der Waals surface area (Å²) in [4.78, 5) is 24.1. The van der Waals surface area contributed by atoms with Gasteiger partial charge in [0.1, 0.15) is 17.7 Å². The molecular weight excluding hydrogens is 256 g/mol. The molecule has 1 fully saturated rings. The molecule has 0 saturated carbocycles. The van der Waals surface area contributed by atoms with Crippen molar-refractivity contribution >= 4 is 11.9 Å². The van der Waals surface area contributed by atoms with Crippen LogP contribution in [-0.2, 0) is 16.0 Å². The molecule has 102 valence electrons. The van der Waals surface area contributed by atoms with Crippen LogP contribution < -0.4 is 0 Å². The van der Waals surface area contributed by atoms with Crippen molar-refractivity contribution in [3.05, 3.63) is 35.4 Å². The molecule has 0 unspecified atom stereocenters. The highest BCUT2D eigenvalue weighted by molar-refractivity contribution is 5.85. The van der Waals surface area contributed by atoms with Crippen LogP contribution in [0, 0.1) is 11.6 Å². The van der Waals surface area contributed by atoms with E-state index in [4.69, 9.17) is 5.11 Å². The lowest BCUT2D eigenvalue weighted by Crippen LogP contribution is -2.41. The van der Waals surface area contributed by atoms with Gasteiger partial charge >= 0.3 is 5.97 Å². The minimum Gasteiger partial charge on any atom is -0.480 e. The number of carboxylic acids is 1. The fraction of sp³-hybridized carbons (Fsp3) is 0.385. The van der Waals surface area contributed by atoms with Gasteiger partial charge in [0.25, 0.3) is 0 Å². The van der Waals surface area contributed by atoms with Crippen LogP contribution in [-0.4, -0.2) is 34.5 Å². The Morgan fingerprint density at radius 1 is 1.37 bits per heavy atom. The lowest BCUT2D eigenvalue weighted by Gasteiger charge is -2.21. The standard InChI is InChI=1S/C13H13F2NO3/c14-9-3-4-10(15)8(6-9)7-12(17)16-5-1-2-11(16)13(18)19/h3-4,6,11H,1-2,5,7H2,(H,18,19)/t11-/m0/s1. The van der Waals surface area contributed by atoms with Crippen LogP contribution in [0.25, 0.3) is 0 Å². The normalized spacial score (nSPS) is 18.6. The van der Waals surface area contributed by atoms with E-state index in [9.17, 15) is 18.4 Å². The van der Waals surface area contributed by atoms with E-state index < -0.39 is 29.6 Å². The van der Waals surface area contributed by atoms with Crippen LogP contribution >= 0.6 is 0 Å². The van der Waals surface area contributed by atoms with E-state index in [1.165, 1.54) is 4.90 Å². The highest BCUT2D eigenvalue weighted by atomic mass is 19.1. The summed E-state index contributed by atoms with van der Waals surface area (Å²) in [5.41, 5.74) is -0.0546. The first-order valence-corrected chi connectivity index (χ1v) is 5.95. The van der Waals surface area contributed by atoms with Crippen molar-refractivity contribution in [3.8, 4) is 0 Å². The van der Waals surface area contributed by atoms with Crippen LogP contribution in [0.4, 0.5) is 8.78 Å². The first-order valence-electron chi connectivity index (χ1n) is 5.95. The van der Waals surface area contributed by atoms with Gasteiger partial charge in [-0.3, -0.25) is 4.79 Å². The van der Waals surface area contributed by atoms with Crippen molar-refractivity contribution in [2.24, 2.45) is 0 Å². The minimum absolute atomic E-state index is 0.0546. The number of benzene rings is 1. The molecule has 1 aliphatic heterocycles. The number of carbonyl (C=O) groups excluding carboxylic acids is 1. The van der Waals surface area contributed by atoms with Gasteiger partial charge in [-0.05, 0) is 31.0 Å². The summed E-state index contributed by atoms with van der Waals surface area (Å²) >= 11 is 0. The zero-order valence-corrected chi connectivity index (χ0v) is 10.1. The van der Waals surface area contributed by atoms with Crippen LogP contribution in [0.1, 0.15) is 18.4 Å². The van der Waals surface area contributed by atoms with Gasteiger partial charge in [0, 0.05) is 12.1 Å². The van der Waals surface area contributed by atoms with E-state index in [1.54, 1.807) is 0 Å². The first kappa shape index (κ1) is 13.5. The Kier molecular flexibility index (Phi) is 3.78. The molecule has 6 heteroatoms. The van der Waals surface area contributed by atoms with E-state index in [2.05, 4.69) is 0 Å². The third-order valence-corrected chi connectivity index (χ3v) is 3.21. The number of nitrogens with zero attached hydrogens (tertiary/aromatic N) is 1. The molecule has 1 N–H and O–H groups in total. The second-order valence-corrected chi connectivity index (χ2v) is 4.50. The lowest BCUT2D eigenvalue weighted by atomic mass is 10.1. The van der Waals surface area contributed by atoms with Crippen molar-refractivity contribution in [2.45, 2.75) is 25.3 Å². The Morgan fingerprint density at radius 3 is 2.79 bits per heavy atom. The van der Waals surface area contributed by atoms with E-state index in [1.807, 2.05) is 0 Å². The van der Waals surface area contributed by atoms with E-state index >= 15 is 0 Å². The fourth-order valence-corrected chi connectivity index (χ4v) is 2.27. The number of hydrogen-bond donors (Lipinski definition) is 1. The molecule has 0 spiro atoms. The van der Waals surface area contributed by atoms with Gasteiger partial charge in [-0.25, -0.2) is 13.6 Å². The molecule has 1 aromatic rings. The molecule has 1 atom stereocenters. The largest absolute Gasteiger partial charge is 0.480 e. The van der Waals surface area contributed by atoms with Crippen LogP contribution in [0.3, 0.4) is 0 Å². The fourth-order valence-electron chi connectivity index (χ4n) is 2.27. The number of rotatable bonds is 3. The maximum atomic E-state index is 13.4. The zero-order chi connectivity index (χ0) is 14.0. The lowest BCUT2D eigenvalue weighted by molar-refractivity contribution is -0.148. The molecule has 0 aliphatic carbocycles. The molecule has 0 bridgehead atoms. The molecule has 2 rings (SSSR count). The second-order valence-electron chi connectivity index (χ2n) is 4.50. The van der Waals surface area contributed by atoms with Gasteiger partial charge in [-0.1, -0.05) is 0 Å². The summed E-state index contributed by atoms with van der Waals surface area (Å²) < 4.78 is 26.4. The van der Waals surface area contributed by atoms with Gasteiger partial charge in [-0.2, -0.15) is 0 Å². The van der Waals surface area contributed by atoms with Gasteiger partial charge in [0.15, 0.2) is 0 Å². The topological polar surface area (TPSA) is 57.6 Å². The van der Waals surface area contributed by atoms with Crippen molar-refractivity contribution < 1.29 is 23.5 Å². The number of likely N-dealkylation sites (tertiary alicyclic amines) is 1. The average molecular weight is 269 g/mol. The monoisotopic (exact) mass is 269 g/mol. The number of halogens is 2. The summed E-state index contributed by atoms with van der Waals surface area (Å²) in [6.45, 7) is 0.340. The number of carboxylic acid groups (broad SMARTS) is 1. The Morgan fingerprint density at radius 2 is 2.11 bits per heavy atom. The highest BCUT2D eigenvalue weighted by Crippen LogP contribution is 2.20. The second kappa shape index (κ2) is 5.34. The van der Waals surface area contributed by atoms with Gasteiger partial charge < -0.3 is 10.0 Å². The Labute approximate surface area is 108 Å². The summed E-state index contributed by atoms with van der Waals surface area (Å²) in [5.74, 6) is -2.85. The molecule has 0 radical (unpaired) electrons. The quantitative estimate of drug-likeness (QED) is 0.906. The summed E-state index contributed by atoms with van der Waals surface area (Å²) in [5, 5.41) is 8.97. The average Bonchev–Trinajstić information content (AvgIpc) is 2.83. The van der Waals surface area contributed by atoms with E-state index in [0.717, 1.165) is 18.2 Å². The maximum Gasteiger partial charge on any atom is 0.326 e. The van der Waals surface area contributed by atoms with Crippen molar-refractivity contribution in [3.63, 3.8) is 0 Å². The molecule has 4 nitrogen and oxygen atoms in total. The number of hydrogen-bond acceptors (Lipinski definition) is 2. The number of carbonyl (C=O) groups is 2. The molecule has 1 aliphatic rings. The molecule has 1 heterocycles. The Bertz CT molecular complexity index is 519. The summed E-state index contributed by atoms with van der Waals surface area (Å²) in [6, 6.07) is 2.03. The smallest absolute Gasteiger partial charge is 0.326 e. The predicted octanol–water partition coefficient (Wildman–Crippen LogP) is 1.58. The minimum atomic E-state index is -1.06. The summed E-state index contributed by atoms with van der Waals surface area (Å²) in [7, 11) is 0. The SMILES string of the molecule is O=C(O)[C@@H]1CCCN1C(=O)Cc1cc(F)ccc1F. The maximum absolute atomic E-state index is 13.4. The molecule has 0 aromatic heterocycles. The number of amides is 1.